The fourth-order valence-corrected chi connectivity index (χ4v) is 3.31. The van der Waals surface area contributed by atoms with E-state index >= 15 is 0 Å². The SMILES string of the molecule is CN(C)Sc1cccc(Nc2nc(Nc3cccc(S)c3)ncc2C=N)c1.CNC. The summed E-state index contributed by atoms with van der Waals surface area (Å²) in [6, 6.07) is 15.7. The van der Waals surface area contributed by atoms with E-state index in [2.05, 4.69) is 38.5 Å². The van der Waals surface area contributed by atoms with Crippen molar-refractivity contribution in [3.8, 4) is 0 Å². The van der Waals surface area contributed by atoms with Crippen LogP contribution in [0.5, 0.6) is 0 Å². The molecule has 1 aromatic heterocycles. The summed E-state index contributed by atoms with van der Waals surface area (Å²) < 4.78 is 2.03. The van der Waals surface area contributed by atoms with Crippen LogP contribution in [-0.2, 0) is 0 Å². The van der Waals surface area contributed by atoms with E-state index in [0.717, 1.165) is 21.2 Å². The van der Waals surface area contributed by atoms with Gasteiger partial charge in [0.2, 0.25) is 5.95 Å². The van der Waals surface area contributed by atoms with E-state index in [4.69, 9.17) is 5.41 Å². The molecule has 0 saturated heterocycles. The van der Waals surface area contributed by atoms with E-state index in [9.17, 15) is 0 Å². The number of benzene rings is 2. The smallest absolute Gasteiger partial charge is 0.229 e. The number of nitrogens with zero attached hydrogens (tertiary/aromatic N) is 3. The first-order chi connectivity index (χ1) is 14.4. The normalized spacial score (nSPS) is 10.2. The molecule has 1 heterocycles. The predicted octanol–water partition coefficient (Wildman–Crippen LogP) is 4.65. The molecule has 3 rings (SSSR count). The lowest BCUT2D eigenvalue weighted by Gasteiger charge is -2.13. The van der Waals surface area contributed by atoms with Gasteiger partial charge in [0.1, 0.15) is 5.82 Å². The number of thiol groups is 1. The molecule has 0 aliphatic rings. The minimum atomic E-state index is 0.445. The third-order valence-corrected chi connectivity index (χ3v) is 4.57. The Bertz CT molecular complexity index is 964. The Hall–Kier alpha value is -2.59. The Labute approximate surface area is 187 Å². The van der Waals surface area contributed by atoms with Gasteiger partial charge < -0.3 is 21.4 Å². The lowest BCUT2D eigenvalue weighted by molar-refractivity contribution is 0.703. The Kier molecular flexibility index (Phi) is 9.62. The molecule has 4 N–H and O–H groups in total. The van der Waals surface area contributed by atoms with Crippen molar-refractivity contribution in [1.29, 1.82) is 5.41 Å². The van der Waals surface area contributed by atoms with Gasteiger partial charge in [-0.15, -0.1) is 12.6 Å². The molecule has 0 atom stereocenters. The molecule has 7 nitrogen and oxygen atoms in total. The molecule has 0 aliphatic carbocycles. The topological polar surface area (TPSA) is 89.0 Å². The van der Waals surface area contributed by atoms with Crippen molar-refractivity contribution < 1.29 is 0 Å². The first-order valence-corrected chi connectivity index (χ1v) is 10.4. The minimum absolute atomic E-state index is 0.445. The van der Waals surface area contributed by atoms with E-state index in [1.165, 1.54) is 6.21 Å². The average molecular weight is 442 g/mol. The first-order valence-electron chi connectivity index (χ1n) is 9.19. The summed E-state index contributed by atoms with van der Waals surface area (Å²) in [7, 11) is 7.75. The molecule has 0 bridgehead atoms. The fraction of sp³-hybridized carbons (Fsp3) is 0.190. The van der Waals surface area contributed by atoms with Crippen molar-refractivity contribution in [1.82, 2.24) is 19.6 Å². The summed E-state index contributed by atoms with van der Waals surface area (Å²) in [6.45, 7) is 0. The standard InChI is InChI=1S/C19H20N6S2.C2H7N/c1-25(2)27-17-8-4-6-15(10-17)22-18-13(11-20)12-21-19(24-18)23-14-5-3-7-16(26)9-14;1-3-2/h3-12,20,26H,1-2H3,(H2,21,22,23,24);3H,1-2H3. The van der Waals surface area contributed by atoms with E-state index in [0.29, 0.717) is 17.3 Å². The zero-order valence-electron chi connectivity index (χ0n) is 17.5. The van der Waals surface area contributed by atoms with E-state index in [1.54, 1.807) is 18.1 Å². The monoisotopic (exact) mass is 441 g/mol. The first kappa shape index (κ1) is 23.7. The van der Waals surface area contributed by atoms with Gasteiger partial charge in [-0.2, -0.15) is 4.98 Å². The number of anilines is 4. The van der Waals surface area contributed by atoms with Crippen LogP contribution in [0.1, 0.15) is 5.56 Å². The van der Waals surface area contributed by atoms with Gasteiger partial charge in [-0.1, -0.05) is 12.1 Å². The van der Waals surface area contributed by atoms with Gasteiger partial charge in [0.15, 0.2) is 0 Å². The van der Waals surface area contributed by atoms with Crippen LogP contribution in [-0.4, -0.2) is 48.7 Å². The Balaban J connectivity index is 0.00000101. The van der Waals surface area contributed by atoms with Crippen LogP contribution in [0.25, 0.3) is 0 Å². The maximum Gasteiger partial charge on any atom is 0.229 e. The zero-order chi connectivity index (χ0) is 21.9. The van der Waals surface area contributed by atoms with E-state index < -0.39 is 0 Å². The highest BCUT2D eigenvalue weighted by atomic mass is 32.2. The largest absolute Gasteiger partial charge is 0.339 e. The number of aromatic nitrogens is 2. The van der Waals surface area contributed by atoms with Crippen molar-refractivity contribution in [2.75, 3.05) is 38.8 Å². The lowest BCUT2D eigenvalue weighted by atomic mass is 10.3. The average Bonchev–Trinajstić information content (AvgIpc) is 2.69. The molecule has 0 radical (unpaired) electrons. The summed E-state index contributed by atoms with van der Waals surface area (Å²) in [5, 5.41) is 16.8. The Morgan fingerprint density at radius 2 is 1.70 bits per heavy atom. The molecule has 9 heteroatoms. The Morgan fingerprint density at radius 1 is 1.03 bits per heavy atom. The van der Waals surface area contributed by atoms with Crippen LogP contribution in [0, 0.1) is 5.41 Å². The van der Waals surface area contributed by atoms with Crippen LogP contribution >= 0.6 is 24.6 Å². The minimum Gasteiger partial charge on any atom is -0.339 e. The van der Waals surface area contributed by atoms with Crippen LogP contribution in [0.4, 0.5) is 23.1 Å². The van der Waals surface area contributed by atoms with Gasteiger partial charge in [0, 0.05) is 33.6 Å². The van der Waals surface area contributed by atoms with Crippen LogP contribution in [0.3, 0.4) is 0 Å². The quantitative estimate of drug-likeness (QED) is 0.207. The molecule has 0 spiro atoms. The number of hydrogen-bond donors (Lipinski definition) is 5. The second-order valence-electron chi connectivity index (χ2n) is 6.37. The molecule has 0 saturated carbocycles. The summed E-state index contributed by atoms with van der Waals surface area (Å²) in [6.07, 6.45) is 2.85. The van der Waals surface area contributed by atoms with Gasteiger partial charge in [-0.05, 0) is 76.5 Å². The Morgan fingerprint density at radius 3 is 2.33 bits per heavy atom. The van der Waals surface area contributed by atoms with Gasteiger partial charge in [-0.25, -0.2) is 4.98 Å². The van der Waals surface area contributed by atoms with Gasteiger partial charge in [-0.3, -0.25) is 4.31 Å². The summed E-state index contributed by atoms with van der Waals surface area (Å²) in [4.78, 5) is 10.8. The molecule has 0 aliphatic heterocycles. The number of hydrogen-bond acceptors (Lipinski definition) is 9. The van der Waals surface area contributed by atoms with Gasteiger partial charge in [0.25, 0.3) is 0 Å². The van der Waals surface area contributed by atoms with E-state index in [1.807, 2.05) is 81.0 Å². The van der Waals surface area contributed by atoms with Gasteiger partial charge >= 0.3 is 0 Å². The second kappa shape index (κ2) is 12.2. The lowest BCUT2D eigenvalue weighted by Crippen LogP contribution is -2.04. The molecular weight excluding hydrogens is 414 g/mol. The van der Waals surface area contributed by atoms with Crippen molar-refractivity contribution in [2.24, 2.45) is 0 Å². The van der Waals surface area contributed by atoms with Crippen molar-refractivity contribution >= 4 is 53.9 Å². The highest BCUT2D eigenvalue weighted by Gasteiger charge is 2.08. The second-order valence-corrected chi connectivity index (χ2v) is 8.27. The van der Waals surface area contributed by atoms with Crippen molar-refractivity contribution in [3.63, 3.8) is 0 Å². The summed E-state index contributed by atoms with van der Waals surface area (Å²) in [5.41, 5.74) is 2.35. The maximum absolute atomic E-state index is 7.62. The highest BCUT2D eigenvalue weighted by molar-refractivity contribution is 7.97. The molecule has 0 amide bonds. The fourth-order valence-electron chi connectivity index (χ4n) is 2.35. The molecular formula is C21H27N7S2. The highest BCUT2D eigenvalue weighted by Crippen LogP contribution is 2.26. The number of nitrogens with one attached hydrogen (secondary N) is 4. The third-order valence-electron chi connectivity index (χ3n) is 3.46. The van der Waals surface area contributed by atoms with Crippen LogP contribution < -0.4 is 16.0 Å². The summed E-state index contributed by atoms with van der Waals surface area (Å²) >= 11 is 5.98. The van der Waals surface area contributed by atoms with Crippen LogP contribution in [0.2, 0.25) is 0 Å². The molecule has 158 valence electrons. The van der Waals surface area contributed by atoms with Crippen molar-refractivity contribution in [3.05, 3.63) is 60.3 Å². The maximum atomic E-state index is 7.62. The zero-order valence-corrected chi connectivity index (χ0v) is 19.2. The predicted molar refractivity (Wildman–Crippen MR) is 131 cm³/mol. The van der Waals surface area contributed by atoms with Crippen LogP contribution in [0.15, 0.2) is 64.5 Å². The third kappa shape index (κ3) is 7.68. The molecule has 2 aromatic carbocycles. The van der Waals surface area contributed by atoms with Gasteiger partial charge in [0.05, 0.1) is 5.56 Å². The molecule has 30 heavy (non-hydrogen) atoms. The number of rotatable bonds is 7. The molecule has 0 unspecified atom stereocenters. The van der Waals surface area contributed by atoms with E-state index in [-0.39, 0.29) is 0 Å². The molecule has 3 aromatic rings. The molecule has 0 fully saturated rings. The van der Waals surface area contributed by atoms with Crippen molar-refractivity contribution in [2.45, 2.75) is 9.79 Å². The summed E-state index contributed by atoms with van der Waals surface area (Å²) in [5.74, 6) is 1.01.